The van der Waals surface area contributed by atoms with Crippen LogP contribution in [0.1, 0.15) is 24.1 Å². The summed E-state index contributed by atoms with van der Waals surface area (Å²) in [4.78, 5) is 0. The van der Waals surface area contributed by atoms with E-state index in [-0.39, 0.29) is 0 Å². The number of rotatable bonds is 6. The maximum Gasteiger partial charge on any atom is 0.127 e. The van der Waals surface area contributed by atoms with E-state index in [1.807, 2.05) is 48.5 Å². The highest BCUT2D eigenvalue weighted by atomic mass is 16.5. The predicted octanol–water partition coefficient (Wildman–Crippen LogP) is 5.33. The number of benzene rings is 3. The molecule has 0 heterocycles. The lowest BCUT2D eigenvalue weighted by Gasteiger charge is -2.14. The van der Waals surface area contributed by atoms with Crippen LogP contribution in [0.2, 0.25) is 0 Å². The van der Waals surface area contributed by atoms with Gasteiger partial charge in [0.2, 0.25) is 0 Å². The van der Waals surface area contributed by atoms with Gasteiger partial charge in [-0.05, 0) is 42.3 Å². The van der Waals surface area contributed by atoms with Crippen LogP contribution >= 0.6 is 0 Å². The number of hydrogen-bond donors (Lipinski definition) is 1. The third-order valence-corrected chi connectivity index (χ3v) is 3.81. The molecular formula is C21H21NO. The summed E-state index contributed by atoms with van der Waals surface area (Å²) >= 11 is 0. The largest absolute Gasteiger partial charge is 0.457 e. The molecule has 3 aromatic carbocycles. The van der Waals surface area contributed by atoms with Gasteiger partial charge in [-0.3, -0.25) is 0 Å². The highest BCUT2D eigenvalue weighted by Gasteiger charge is 2.04. The summed E-state index contributed by atoms with van der Waals surface area (Å²) in [7, 11) is 0. The van der Waals surface area contributed by atoms with Gasteiger partial charge in [0.25, 0.3) is 0 Å². The lowest BCUT2D eigenvalue weighted by molar-refractivity contribution is 0.482. The van der Waals surface area contributed by atoms with E-state index in [2.05, 4.69) is 48.6 Å². The van der Waals surface area contributed by atoms with E-state index >= 15 is 0 Å². The molecule has 0 fully saturated rings. The first kappa shape index (κ1) is 15.3. The summed E-state index contributed by atoms with van der Waals surface area (Å²) in [6, 6.07) is 28.9. The van der Waals surface area contributed by atoms with Gasteiger partial charge < -0.3 is 10.1 Å². The first-order valence-corrected chi connectivity index (χ1v) is 7.91. The van der Waals surface area contributed by atoms with Crippen LogP contribution < -0.4 is 10.1 Å². The van der Waals surface area contributed by atoms with Crippen LogP contribution in [0.4, 0.5) is 0 Å². The van der Waals surface area contributed by atoms with Gasteiger partial charge in [-0.1, -0.05) is 60.7 Å². The smallest absolute Gasteiger partial charge is 0.127 e. The monoisotopic (exact) mass is 303 g/mol. The fraction of sp³-hybridized carbons (Fsp3) is 0.143. The molecule has 0 amide bonds. The summed E-state index contributed by atoms with van der Waals surface area (Å²) in [5.41, 5.74) is 2.55. The fourth-order valence-corrected chi connectivity index (χ4v) is 2.43. The predicted molar refractivity (Wildman–Crippen MR) is 94.7 cm³/mol. The van der Waals surface area contributed by atoms with Gasteiger partial charge in [-0.2, -0.15) is 0 Å². The second-order valence-corrected chi connectivity index (χ2v) is 5.57. The van der Waals surface area contributed by atoms with E-state index in [0.29, 0.717) is 6.04 Å². The molecular weight excluding hydrogens is 282 g/mol. The summed E-state index contributed by atoms with van der Waals surface area (Å²) in [6.45, 7) is 3.02. The lowest BCUT2D eigenvalue weighted by Crippen LogP contribution is -2.17. The average molecular weight is 303 g/mol. The third kappa shape index (κ3) is 4.44. The van der Waals surface area contributed by atoms with Crippen molar-refractivity contribution in [2.45, 2.75) is 19.5 Å². The van der Waals surface area contributed by atoms with Crippen LogP contribution in [0.3, 0.4) is 0 Å². The minimum absolute atomic E-state index is 0.330. The minimum Gasteiger partial charge on any atom is -0.457 e. The fourth-order valence-electron chi connectivity index (χ4n) is 2.43. The Balaban J connectivity index is 1.55. The van der Waals surface area contributed by atoms with Crippen LogP contribution in [0.25, 0.3) is 0 Å². The molecule has 1 N–H and O–H groups in total. The molecule has 116 valence electrons. The molecule has 0 unspecified atom stereocenters. The van der Waals surface area contributed by atoms with Crippen LogP contribution in [0.15, 0.2) is 84.9 Å². The maximum absolute atomic E-state index is 5.81. The summed E-state index contributed by atoms with van der Waals surface area (Å²) in [5, 5.41) is 3.54. The van der Waals surface area contributed by atoms with Gasteiger partial charge in [0, 0.05) is 12.6 Å². The Morgan fingerprint density at radius 1 is 0.739 bits per heavy atom. The Labute approximate surface area is 137 Å². The highest BCUT2D eigenvalue weighted by Crippen LogP contribution is 2.21. The maximum atomic E-state index is 5.81. The molecule has 23 heavy (non-hydrogen) atoms. The van der Waals surface area contributed by atoms with E-state index < -0.39 is 0 Å². The molecule has 0 saturated heterocycles. The van der Waals surface area contributed by atoms with Crippen molar-refractivity contribution in [2.24, 2.45) is 0 Å². The number of para-hydroxylation sites is 1. The minimum atomic E-state index is 0.330. The Bertz CT molecular complexity index is 708. The molecule has 2 nitrogen and oxygen atoms in total. The number of hydrogen-bond acceptors (Lipinski definition) is 2. The van der Waals surface area contributed by atoms with Gasteiger partial charge in [-0.25, -0.2) is 0 Å². The summed E-state index contributed by atoms with van der Waals surface area (Å²) in [5.74, 6) is 1.71. The van der Waals surface area contributed by atoms with Crippen LogP contribution in [-0.4, -0.2) is 0 Å². The zero-order valence-corrected chi connectivity index (χ0v) is 13.3. The van der Waals surface area contributed by atoms with Crippen molar-refractivity contribution in [1.82, 2.24) is 5.32 Å². The zero-order chi connectivity index (χ0) is 15.9. The van der Waals surface area contributed by atoms with Gasteiger partial charge in [0.15, 0.2) is 0 Å². The second kappa shape index (κ2) is 7.61. The summed E-state index contributed by atoms with van der Waals surface area (Å²) < 4.78 is 5.81. The van der Waals surface area contributed by atoms with Crippen LogP contribution in [0, 0.1) is 0 Å². The van der Waals surface area contributed by atoms with Gasteiger partial charge >= 0.3 is 0 Å². The number of ether oxygens (including phenoxy) is 1. The molecule has 2 heteroatoms. The second-order valence-electron chi connectivity index (χ2n) is 5.57. The van der Waals surface area contributed by atoms with Crippen molar-refractivity contribution in [1.29, 1.82) is 0 Å². The zero-order valence-electron chi connectivity index (χ0n) is 13.3. The standard InChI is InChI=1S/C21H21NO/c1-17(19-8-4-2-5-9-19)22-16-18-12-14-21(15-13-18)23-20-10-6-3-7-11-20/h2-15,17,22H,16H2,1H3/t17-/m1/s1. The Hall–Kier alpha value is -2.58. The first-order chi connectivity index (χ1) is 11.3. The van der Waals surface area contributed by atoms with Gasteiger partial charge in [0.1, 0.15) is 11.5 Å². The van der Waals surface area contributed by atoms with Crippen molar-refractivity contribution < 1.29 is 4.74 Å². The molecule has 0 aliphatic heterocycles. The highest BCUT2D eigenvalue weighted by molar-refractivity contribution is 5.33. The average Bonchev–Trinajstić information content (AvgIpc) is 2.62. The molecule has 0 saturated carbocycles. The molecule has 3 aromatic rings. The topological polar surface area (TPSA) is 21.3 Å². The molecule has 0 aliphatic rings. The van der Waals surface area contributed by atoms with E-state index in [4.69, 9.17) is 4.74 Å². The molecule has 1 atom stereocenters. The van der Waals surface area contributed by atoms with Crippen molar-refractivity contribution in [3.05, 3.63) is 96.1 Å². The first-order valence-electron chi connectivity index (χ1n) is 7.91. The quantitative estimate of drug-likeness (QED) is 0.664. The van der Waals surface area contributed by atoms with Crippen molar-refractivity contribution >= 4 is 0 Å². The van der Waals surface area contributed by atoms with Crippen molar-refractivity contribution in [2.75, 3.05) is 0 Å². The Morgan fingerprint density at radius 3 is 1.96 bits per heavy atom. The van der Waals surface area contributed by atoms with Crippen LogP contribution in [-0.2, 0) is 6.54 Å². The summed E-state index contributed by atoms with van der Waals surface area (Å²) in [6.07, 6.45) is 0. The Kier molecular flexibility index (Phi) is 5.07. The molecule has 0 aromatic heterocycles. The van der Waals surface area contributed by atoms with Crippen LogP contribution in [0.5, 0.6) is 11.5 Å². The molecule has 0 spiro atoms. The molecule has 3 rings (SSSR count). The van der Waals surface area contributed by atoms with Crippen molar-refractivity contribution in [3.8, 4) is 11.5 Å². The SMILES string of the molecule is C[C@@H](NCc1ccc(Oc2ccccc2)cc1)c1ccccc1. The van der Waals surface area contributed by atoms with E-state index in [1.165, 1.54) is 11.1 Å². The van der Waals surface area contributed by atoms with Gasteiger partial charge in [0.05, 0.1) is 0 Å². The normalized spacial score (nSPS) is 11.9. The van der Waals surface area contributed by atoms with E-state index in [9.17, 15) is 0 Å². The molecule has 0 aliphatic carbocycles. The third-order valence-electron chi connectivity index (χ3n) is 3.81. The van der Waals surface area contributed by atoms with E-state index in [0.717, 1.165) is 18.0 Å². The Morgan fingerprint density at radius 2 is 1.30 bits per heavy atom. The van der Waals surface area contributed by atoms with Gasteiger partial charge in [-0.15, -0.1) is 0 Å². The molecule has 0 radical (unpaired) electrons. The van der Waals surface area contributed by atoms with Crippen molar-refractivity contribution in [3.63, 3.8) is 0 Å². The molecule has 0 bridgehead atoms. The lowest BCUT2D eigenvalue weighted by atomic mass is 10.1. The van der Waals surface area contributed by atoms with E-state index in [1.54, 1.807) is 0 Å². The number of nitrogens with one attached hydrogen (secondary N) is 1.